The highest BCUT2D eigenvalue weighted by Gasteiger charge is 2.17. The molecular weight excluding hydrogens is 274 g/mol. The van der Waals surface area contributed by atoms with Crippen molar-refractivity contribution < 1.29 is 0 Å². The molecular formula is C19H25NS. The van der Waals surface area contributed by atoms with Crippen molar-refractivity contribution in [2.75, 3.05) is 7.05 Å². The molecule has 1 fully saturated rings. The summed E-state index contributed by atoms with van der Waals surface area (Å²) >= 11 is 1.89. The van der Waals surface area contributed by atoms with Gasteiger partial charge in [-0.3, -0.25) is 0 Å². The van der Waals surface area contributed by atoms with Gasteiger partial charge in [0.1, 0.15) is 0 Å². The highest BCUT2D eigenvalue weighted by atomic mass is 32.1. The Hall–Kier alpha value is -1.12. The van der Waals surface area contributed by atoms with Crippen molar-refractivity contribution >= 4 is 11.3 Å². The monoisotopic (exact) mass is 299 g/mol. The maximum atomic E-state index is 3.46. The van der Waals surface area contributed by atoms with E-state index in [1.807, 2.05) is 11.3 Å². The van der Waals surface area contributed by atoms with E-state index in [0.717, 1.165) is 5.92 Å². The average molecular weight is 299 g/mol. The third-order valence-electron chi connectivity index (χ3n) is 4.68. The second-order valence-corrected chi connectivity index (χ2v) is 7.49. The molecule has 0 spiro atoms. The largest absolute Gasteiger partial charge is 0.309 e. The number of nitrogens with one attached hydrogen (secondary N) is 1. The van der Waals surface area contributed by atoms with Crippen molar-refractivity contribution in [3.8, 4) is 0 Å². The predicted octanol–water partition coefficient (Wildman–Crippen LogP) is 5.41. The maximum Gasteiger partial charge on any atom is 0.0668 e. The van der Waals surface area contributed by atoms with Crippen LogP contribution in [0, 0.1) is 6.92 Å². The molecule has 0 saturated heterocycles. The van der Waals surface area contributed by atoms with Gasteiger partial charge in [0.15, 0.2) is 0 Å². The van der Waals surface area contributed by atoms with Gasteiger partial charge in [-0.25, -0.2) is 0 Å². The highest BCUT2D eigenvalue weighted by Crippen LogP contribution is 2.34. The van der Waals surface area contributed by atoms with Crippen LogP contribution in [0.1, 0.15) is 64.9 Å². The molecule has 1 saturated carbocycles. The first-order chi connectivity index (χ1) is 10.3. The molecule has 2 aromatic rings. The van der Waals surface area contributed by atoms with Crippen LogP contribution in [0.2, 0.25) is 0 Å². The zero-order valence-corrected chi connectivity index (χ0v) is 13.9. The summed E-state index contributed by atoms with van der Waals surface area (Å²) in [5.74, 6) is 0.796. The fourth-order valence-electron chi connectivity index (χ4n) is 3.48. The molecule has 1 aliphatic rings. The van der Waals surface area contributed by atoms with Crippen LogP contribution in [0.25, 0.3) is 0 Å². The van der Waals surface area contributed by atoms with Crippen molar-refractivity contribution in [1.82, 2.24) is 5.32 Å². The summed E-state index contributed by atoms with van der Waals surface area (Å²) in [5, 5.41) is 3.46. The van der Waals surface area contributed by atoms with Crippen molar-refractivity contribution in [3.63, 3.8) is 0 Å². The normalized spacial score (nSPS) is 17.8. The van der Waals surface area contributed by atoms with E-state index in [-0.39, 0.29) is 0 Å². The van der Waals surface area contributed by atoms with Gasteiger partial charge in [-0.1, -0.05) is 43.5 Å². The number of hydrogen-bond acceptors (Lipinski definition) is 2. The van der Waals surface area contributed by atoms with Gasteiger partial charge in [-0.05, 0) is 56.0 Å². The second kappa shape index (κ2) is 6.76. The molecule has 1 atom stereocenters. The van der Waals surface area contributed by atoms with Crippen LogP contribution in [-0.2, 0) is 0 Å². The zero-order chi connectivity index (χ0) is 14.7. The van der Waals surface area contributed by atoms with E-state index in [1.165, 1.54) is 53.0 Å². The fraction of sp³-hybridized carbons (Fsp3) is 0.474. The number of benzene rings is 1. The lowest BCUT2D eigenvalue weighted by molar-refractivity contribution is 0.443. The minimum Gasteiger partial charge on any atom is -0.309 e. The van der Waals surface area contributed by atoms with Gasteiger partial charge >= 0.3 is 0 Å². The van der Waals surface area contributed by atoms with Crippen LogP contribution in [0.3, 0.4) is 0 Å². The Labute approximate surface area is 132 Å². The van der Waals surface area contributed by atoms with E-state index in [1.54, 1.807) is 0 Å². The van der Waals surface area contributed by atoms with E-state index >= 15 is 0 Å². The molecule has 1 aliphatic carbocycles. The average Bonchev–Trinajstić information content (AvgIpc) is 2.96. The topological polar surface area (TPSA) is 12.0 Å². The standard InChI is InChI=1S/C19H25NS/c1-14-8-13-18(21-14)19(20-2)17-11-9-16(10-12-17)15-6-4-3-5-7-15/h8-13,15,19-20H,3-7H2,1-2H3. The van der Waals surface area contributed by atoms with Crippen LogP contribution in [-0.4, -0.2) is 7.05 Å². The van der Waals surface area contributed by atoms with Crippen LogP contribution < -0.4 is 5.32 Å². The summed E-state index contributed by atoms with van der Waals surface area (Å²) in [5.41, 5.74) is 2.91. The molecule has 0 amide bonds. The SMILES string of the molecule is CNC(c1ccc(C2CCCCC2)cc1)c1ccc(C)s1. The molecule has 1 N–H and O–H groups in total. The van der Waals surface area contributed by atoms with Gasteiger partial charge in [0, 0.05) is 9.75 Å². The van der Waals surface area contributed by atoms with Gasteiger partial charge in [0.2, 0.25) is 0 Å². The minimum absolute atomic E-state index is 0.323. The number of hydrogen-bond donors (Lipinski definition) is 1. The Morgan fingerprint density at radius 1 is 1.00 bits per heavy atom. The summed E-state index contributed by atoms with van der Waals surface area (Å²) < 4.78 is 0. The van der Waals surface area contributed by atoms with Crippen molar-refractivity contribution in [2.24, 2.45) is 0 Å². The number of aryl methyl sites for hydroxylation is 1. The van der Waals surface area contributed by atoms with Crippen LogP contribution >= 0.6 is 11.3 Å². The summed E-state index contributed by atoms with van der Waals surface area (Å²) in [6.07, 6.45) is 6.98. The van der Waals surface area contributed by atoms with Crippen LogP contribution in [0.15, 0.2) is 36.4 Å². The second-order valence-electron chi connectivity index (χ2n) is 6.17. The quantitative estimate of drug-likeness (QED) is 0.795. The summed E-state index contributed by atoms with van der Waals surface area (Å²) in [6.45, 7) is 2.17. The Balaban J connectivity index is 1.78. The highest BCUT2D eigenvalue weighted by molar-refractivity contribution is 7.12. The van der Waals surface area contributed by atoms with E-state index in [0.29, 0.717) is 6.04 Å². The molecule has 0 bridgehead atoms. The molecule has 1 unspecified atom stereocenters. The van der Waals surface area contributed by atoms with Gasteiger partial charge in [0.05, 0.1) is 6.04 Å². The molecule has 21 heavy (non-hydrogen) atoms. The fourth-order valence-corrected chi connectivity index (χ4v) is 4.49. The molecule has 1 aromatic heterocycles. The Morgan fingerprint density at radius 2 is 1.71 bits per heavy atom. The minimum atomic E-state index is 0.323. The Bertz CT molecular complexity index is 564. The van der Waals surface area contributed by atoms with E-state index in [4.69, 9.17) is 0 Å². The van der Waals surface area contributed by atoms with Crippen molar-refractivity contribution in [3.05, 3.63) is 57.3 Å². The first kappa shape index (κ1) is 14.8. The van der Waals surface area contributed by atoms with Crippen molar-refractivity contribution in [2.45, 2.75) is 51.0 Å². The third kappa shape index (κ3) is 3.38. The smallest absolute Gasteiger partial charge is 0.0668 e. The van der Waals surface area contributed by atoms with E-state index in [9.17, 15) is 0 Å². The Kier molecular flexibility index (Phi) is 4.77. The van der Waals surface area contributed by atoms with Gasteiger partial charge < -0.3 is 5.32 Å². The zero-order valence-electron chi connectivity index (χ0n) is 13.1. The molecule has 1 nitrogen and oxygen atoms in total. The van der Waals surface area contributed by atoms with Crippen LogP contribution in [0.5, 0.6) is 0 Å². The molecule has 2 heteroatoms. The molecule has 1 aromatic carbocycles. The number of thiophene rings is 1. The lowest BCUT2D eigenvalue weighted by Crippen LogP contribution is -2.16. The number of rotatable bonds is 4. The van der Waals surface area contributed by atoms with Gasteiger partial charge in [-0.15, -0.1) is 11.3 Å². The molecule has 3 rings (SSSR count). The summed E-state index contributed by atoms with van der Waals surface area (Å²) in [4.78, 5) is 2.78. The predicted molar refractivity (Wildman–Crippen MR) is 92.2 cm³/mol. The van der Waals surface area contributed by atoms with Crippen LogP contribution in [0.4, 0.5) is 0 Å². The van der Waals surface area contributed by atoms with Gasteiger partial charge in [0.25, 0.3) is 0 Å². The van der Waals surface area contributed by atoms with Crippen molar-refractivity contribution in [1.29, 1.82) is 0 Å². The third-order valence-corrected chi connectivity index (χ3v) is 5.75. The molecule has 0 radical (unpaired) electrons. The van der Waals surface area contributed by atoms with Gasteiger partial charge in [-0.2, -0.15) is 0 Å². The lowest BCUT2D eigenvalue weighted by Gasteiger charge is -2.23. The summed E-state index contributed by atoms with van der Waals surface area (Å²) in [7, 11) is 2.05. The molecule has 1 heterocycles. The Morgan fingerprint density at radius 3 is 2.29 bits per heavy atom. The lowest BCUT2D eigenvalue weighted by atomic mass is 9.83. The maximum absolute atomic E-state index is 3.46. The summed E-state index contributed by atoms with van der Waals surface area (Å²) in [6, 6.07) is 14.1. The molecule has 0 aliphatic heterocycles. The molecule has 112 valence electrons. The first-order valence-electron chi connectivity index (χ1n) is 8.11. The first-order valence-corrected chi connectivity index (χ1v) is 8.93. The van der Waals surface area contributed by atoms with E-state index in [2.05, 4.69) is 55.7 Å². The van der Waals surface area contributed by atoms with E-state index < -0.39 is 0 Å².